The molecule has 0 unspecified atom stereocenters. The summed E-state index contributed by atoms with van der Waals surface area (Å²) >= 11 is 4.61. The molecule has 0 bridgehead atoms. The fourth-order valence-electron chi connectivity index (χ4n) is 1.75. The van der Waals surface area contributed by atoms with Crippen LogP contribution < -0.4 is 4.72 Å². The fourth-order valence-corrected chi connectivity index (χ4v) is 5.09. The molecule has 0 aliphatic heterocycles. The van der Waals surface area contributed by atoms with Crippen molar-refractivity contribution in [1.29, 1.82) is 0 Å². The zero-order chi connectivity index (χ0) is 14.3. The van der Waals surface area contributed by atoms with E-state index in [1.54, 1.807) is 6.07 Å². The maximum Gasteiger partial charge on any atom is 0.250 e. The highest BCUT2D eigenvalue weighted by Gasteiger charge is 2.17. The summed E-state index contributed by atoms with van der Waals surface area (Å²) in [7, 11) is -3.32. The number of nitrogens with one attached hydrogen (secondary N) is 1. The van der Waals surface area contributed by atoms with E-state index in [2.05, 4.69) is 27.6 Å². The minimum Gasteiger partial charge on any atom is -0.210 e. The summed E-state index contributed by atoms with van der Waals surface area (Å²) < 4.78 is 28.0. The number of hydrogen-bond donors (Lipinski definition) is 1. The smallest absolute Gasteiger partial charge is 0.210 e. The molecule has 0 atom stereocenters. The number of sulfonamides is 1. The summed E-state index contributed by atoms with van der Waals surface area (Å²) in [5, 5.41) is 0. The van der Waals surface area contributed by atoms with Gasteiger partial charge in [-0.2, -0.15) is 0 Å². The molecule has 3 nitrogen and oxygen atoms in total. The highest BCUT2D eigenvalue weighted by molar-refractivity contribution is 9.11. The van der Waals surface area contributed by atoms with Gasteiger partial charge in [0, 0.05) is 6.54 Å². The van der Waals surface area contributed by atoms with Gasteiger partial charge in [0.2, 0.25) is 10.0 Å². The van der Waals surface area contributed by atoms with Crippen molar-refractivity contribution in [2.45, 2.75) is 56.6 Å². The minimum atomic E-state index is -3.32. The van der Waals surface area contributed by atoms with Crippen LogP contribution in [0.5, 0.6) is 0 Å². The van der Waals surface area contributed by atoms with Crippen LogP contribution in [0.25, 0.3) is 0 Å². The van der Waals surface area contributed by atoms with E-state index >= 15 is 0 Å². The van der Waals surface area contributed by atoms with E-state index in [-0.39, 0.29) is 0 Å². The number of aryl methyl sites for hydroxylation is 1. The largest absolute Gasteiger partial charge is 0.250 e. The first-order valence-electron chi connectivity index (χ1n) is 6.73. The molecule has 0 radical (unpaired) electrons. The zero-order valence-corrected chi connectivity index (χ0v) is 14.8. The van der Waals surface area contributed by atoms with E-state index in [9.17, 15) is 8.42 Å². The molecule has 0 aliphatic rings. The van der Waals surface area contributed by atoms with Crippen LogP contribution in [-0.4, -0.2) is 15.0 Å². The van der Waals surface area contributed by atoms with Gasteiger partial charge in [-0.05, 0) is 40.9 Å². The van der Waals surface area contributed by atoms with Gasteiger partial charge in [-0.3, -0.25) is 0 Å². The number of halogens is 1. The Kier molecular flexibility index (Phi) is 7.57. The lowest BCUT2D eigenvalue weighted by Gasteiger charge is -2.04. The average molecular weight is 368 g/mol. The Bertz CT molecular complexity index is 463. The summed E-state index contributed by atoms with van der Waals surface area (Å²) in [6.07, 6.45) is 6.96. The lowest BCUT2D eigenvalue weighted by molar-refractivity contribution is 0.569. The predicted molar refractivity (Wildman–Crippen MR) is 85.3 cm³/mol. The van der Waals surface area contributed by atoms with Crippen LogP contribution in [0, 0.1) is 6.92 Å². The van der Waals surface area contributed by atoms with Crippen molar-refractivity contribution in [2.75, 3.05) is 6.54 Å². The van der Waals surface area contributed by atoms with Gasteiger partial charge < -0.3 is 0 Å². The van der Waals surface area contributed by atoms with Gasteiger partial charge in [0.25, 0.3) is 0 Å². The SMILES string of the molecule is CCCCCCCCNS(=O)(=O)c1cc(C)c(Br)s1. The number of unbranched alkanes of at least 4 members (excludes halogenated alkanes) is 5. The van der Waals surface area contributed by atoms with Crippen molar-refractivity contribution in [1.82, 2.24) is 4.72 Å². The Morgan fingerprint density at radius 3 is 2.42 bits per heavy atom. The van der Waals surface area contributed by atoms with Gasteiger partial charge in [0.15, 0.2) is 0 Å². The Morgan fingerprint density at radius 1 is 1.21 bits per heavy atom. The molecule has 0 saturated carbocycles. The van der Waals surface area contributed by atoms with E-state index in [0.29, 0.717) is 10.8 Å². The second-order valence-electron chi connectivity index (χ2n) is 4.69. The molecule has 0 aromatic carbocycles. The summed E-state index contributed by atoms with van der Waals surface area (Å²) in [5.74, 6) is 0. The monoisotopic (exact) mass is 367 g/mol. The summed E-state index contributed by atoms with van der Waals surface area (Å²) in [6, 6.07) is 1.71. The number of rotatable bonds is 9. The third kappa shape index (κ3) is 5.94. The molecule has 19 heavy (non-hydrogen) atoms. The van der Waals surface area contributed by atoms with Crippen LogP contribution in [0.3, 0.4) is 0 Å². The van der Waals surface area contributed by atoms with Crippen LogP contribution in [0.15, 0.2) is 14.1 Å². The molecule has 1 rings (SSSR count). The van der Waals surface area contributed by atoms with Crippen molar-refractivity contribution in [3.63, 3.8) is 0 Å². The van der Waals surface area contributed by atoms with Crippen molar-refractivity contribution >= 4 is 37.3 Å². The van der Waals surface area contributed by atoms with Crippen molar-refractivity contribution in [2.24, 2.45) is 0 Å². The second-order valence-corrected chi connectivity index (χ2v) is 9.05. The van der Waals surface area contributed by atoms with Gasteiger partial charge in [0.1, 0.15) is 4.21 Å². The Balaban J connectivity index is 2.32. The molecule has 0 saturated heterocycles. The molecule has 1 N–H and O–H groups in total. The highest BCUT2D eigenvalue weighted by Crippen LogP contribution is 2.30. The highest BCUT2D eigenvalue weighted by atomic mass is 79.9. The standard InChI is InChI=1S/C13H22BrNO2S2/c1-3-4-5-6-7-8-9-15-19(16,17)12-10-11(2)13(14)18-12/h10,15H,3-9H2,1-2H3. The molecule has 0 fully saturated rings. The molecule has 1 aromatic heterocycles. The van der Waals surface area contributed by atoms with E-state index in [4.69, 9.17) is 0 Å². The lowest BCUT2D eigenvalue weighted by Crippen LogP contribution is -2.23. The van der Waals surface area contributed by atoms with Gasteiger partial charge >= 0.3 is 0 Å². The molecule has 1 heterocycles. The Hall–Kier alpha value is 0.0900. The molecule has 0 aliphatic carbocycles. The molecule has 1 aromatic rings. The Morgan fingerprint density at radius 2 is 1.84 bits per heavy atom. The van der Waals surface area contributed by atoms with Gasteiger partial charge in [0.05, 0.1) is 3.79 Å². The number of hydrogen-bond acceptors (Lipinski definition) is 3. The van der Waals surface area contributed by atoms with E-state index in [0.717, 1.165) is 22.2 Å². The molecular weight excluding hydrogens is 346 g/mol. The summed E-state index contributed by atoms with van der Waals surface area (Å²) in [5.41, 5.74) is 0.963. The molecule has 110 valence electrons. The van der Waals surface area contributed by atoms with Crippen molar-refractivity contribution in [3.05, 3.63) is 15.4 Å². The summed E-state index contributed by atoms with van der Waals surface area (Å²) in [4.78, 5) is 0. The van der Waals surface area contributed by atoms with Gasteiger partial charge in [-0.15, -0.1) is 11.3 Å². The third-order valence-electron chi connectivity index (χ3n) is 2.92. The van der Waals surface area contributed by atoms with Crippen LogP contribution in [-0.2, 0) is 10.0 Å². The third-order valence-corrected chi connectivity index (χ3v) is 6.99. The van der Waals surface area contributed by atoms with Crippen LogP contribution in [0.4, 0.5) is 0 Å². The number of thiophene rings is 1. The molecule has 0 spiro atoms. The van der Waals surface area contributed by atoms with Crippen LogP contribution >= 0.6 is 27.3 Å². The predicted octanol–water partition coefficient (Wildman–Crippen LogP) is 4.46. The normalized spacial score (nSPS) is 11.9. The van der Waals surface area contributed by atoms with Crippen LogP contribution in [0.1, 0.15) is 51.0 Å². The topological polar surface area (TPSA) is 46.2 Å². The van der Waals surface area contributed by atoms with E-state index < -0.39 is 10.0 Å². The van der Waals surface area contributed by atoms with Crippen LogP contribution in [0.2, 0.25) is 0 Å². The first-order chi connectivity index (χ1) is 8.97. The lowest BCUT2D eigenvalue weighted by atomic mass is 10.1. The molecule has 0 amide bonds. The van der Waals surface area contributed by atoms with Gasteiger partial charge in [-0.1, -0.05) is 39.0 Å². The zero-order valence-electron chi connectivity index (χ0n) is 11.5. The summed E-state index contributed by atoms with van der Waals surface area (Å²) in [6.45, 7) is 4.62. The van der Waals surface area contributed by atoms with E-state index in [1.165, 1.54) is 37.0 Å². The maximum atomic E-state index is 12.0. The Labute approximate surface area is 129 Å². The minimum absolute atomic E-state index is 0.392. The van der Waals surface area contributed by atoms with Crippen molar-refractivity contribution in [3.8, 4) is 0 Å². The maximum absolute atomic E-state index is 12.0. The molecular formula is C13H22BrNO2S2. The first kappa shape index (κ1) is 17.1. The van der Waals surface area contributed by atoms with E-state index in [1.807, 2.05) is 6.92 Å². The molecule has 6 heteroatoms. The van der Waals surface area contributed by atoms with Gasteiger partial charge in [-0.25, -0.2) is 13.1 Å². The fraction of sp³-hybridized carbons (Fsp3) is 0.692. The second kappa shape index (κ2) is 8.39. The first-order valence-corrected chi connectivity index (χ1v) is 9.82. The average Bonchev–Trinajstić information content (AvgIpc) is 2.69. The van der Waals surface area contributed by atoms with Crippen molar-refractivity contribution < 1.29 is 8.42 Å². The quantitative estimate of drug-likeness (QED) is 0.654.